The maximum atomic E-state index is 5.58. The number of nitrogens with two attached hydrogens (primary N) is 1. The van der Waals surface area contributed by atoms with Gasteiger partial charge in [0.15, 0.2) is 0 Å². The zero-order valence-electron chi connectivity index (χ0n) is 6.94. The van der Waals surface area contributed by atoms with E-state index in [0.717, 1.165) is 11.3 Å². The summed E-state index contributed by atoms with van der Waals surface area (Å²) >= 11 is 0. The lowest BCUT2D eigenvalue weighted by molar-refractivity contribution is 1.30. The summed E-state index contributed by atoms with van der Waals surface area (Å²) in [7, 11) is 2.03. The van der Waals surface area contributed by atoms with Crippen LogP contribution in [0.1, 0.15) is 13.8 Å². The lowest BCUT2D eigenvalue weighted by atomic mass is 9.97. The molecule has 10 heavy (non-hydrogen) atoms. The first-order valence-corrected chi connectivity index (χ1v) is 3.30. The number of allylic oxidation sites excluding steroid dienone is 4. The summed E-state index contributed by atoms with van der Waals surface area (Å²) < 4.78 is 0. The second-order valence-electron chi connectivity index (χ2n) is 2.65. The van der Waals surface area contributed by atoms with Gasteiger partial charge in [-0.3, -0.25) is 0 Å². The highest BCUT2D eigenvalue weighted by Gasteiger charge is 1.85. The molecule has 0 unspecified atom stereocenters. The van der Waals surface area contributed by atoms with Crippen molar-refractivity contribution in [3.8, 4) is 0 Å². The van der Waals surface area contributed by atoms with Gasteiger partial charge in [-0.05, 0) is 18.6 Å². The highest BCUT2D eigenvalue weighted by Crippen LogP contribution is 1.98. The summed E-state index contributed by atoms with van der Waals surface area (Å²) in [5.41, 5.74) is 8.49. The monoisotopic (exact) mass is 135 g/mol. The standard InChI is InChI=1S/C8H14BN/c1-6(2)8(10)5-4-7(3)9/h4-5H,1,9-10H2,2-3H3/b7-4+,8-5+. The molecule has 0 amide bonds. The molecule has 0 spiro atoms. The Balaban J connectivity index is 4.19. The zero-order chi connectivity index (χ0) is 8.15. The SMILES string of the molecule is B/C(C)=C/C=C(/N)C(=C)C. The van der Waals surface area contributed by atoms with E-state index in [1.54, 1.807) is 0 Å². The summed E-state index contributed by atoms with van der Waals surface area (Å²) in [6.07, 6.45) is 3.85. The highest BCUT2D eigenvalue weighted by atomic mass is 14.6. The Morgan fingerprint density at radius 1 is 1.40 bits per heavy atom. The van der Waals surface area contributed by atoms with Gasteiger partial charge in [-0.25, -0.2) is 0 Å². The summed E-state index contributed by atoms with van der Waals surface area (Å²) in [6.45, 7) is 7.63. The summed E-state index contributed by atoms with van der Waals surface area (Å²) in [4.78, 5) is 0. The molecule has 0 aromatic heterocycles. The molecule has 0 aromatic rings. The Morgan fingerprint density at radius 2 is 1.90 bits per heavy atom. The molecule has 2 N–H and O–H groups in total. The fourth-order valence-corrected chi connectivity index (χ4v) is 0.399. The largest absolute Gasteiger partial charge is 0.399 e. The molecule has 0 saturated carbocycles. The van der Waals surface area contributed by atoms with Crippen molar-refractivity contribution in [3.05, 3.63) is 35.5 Å². The third-order valence-corrected chi connectivity index (χ3v) is 1.09. The van der Waals surface area contributed by atoms with Crippen molar-refractivity contribution in [2.45, 2.75) is 13.8 Å². The summed E-state index contributed by atoms with van der Waals surface area (Å²) in [5, 5.41) is 0. The second kappa shape index (κ2) is 3.99. The van der Waals surface area contributed by atoms with E-state index in [-0.39, 0.29) is 0 Å². The average Bonchev–Trinajstić information content (AvgIpc) is 1.82. The molecule has 1 nitrogen and oxygen atoms in total. The van der Waals surface area contributed by atoms with E-state index in [4.69, 9.17) is 5.73 Å². The third kappa shape index (κ3) is 4.01. The van der Waals surface area contributed by atoms with Gasteiger partial charge < -0.3 is 5.73 Å². The molecule has 0 bridgehead atoms. The maximum Gasteiger partial charge on any atom is 0.133 e. The first kappa shape index (κ1) is 9.08. The number of rotatable bonds is 2. The molecular weight excluding hydrogens is 121 g/mol. The average molecular weight is 135 g/mol. The van der Waals surface area contributed by atoms with Crippen LogP contribution in [0, 0.1) is 0 Å². The molecule has 0 heterocycles. The Labute approximate surface area is 63.7 Å². The molecular formula is C8H14BN. The first-order valence-electron chi connectivity index (χ1n) is 3.30. The maximum absolute atomic E-state index is 5.58. The van der Waals surface area contributed by atoms with Gasteiger partial charge in [-0.15, -0.1) is 5.47 Å². The van der Waals surface area contributed by atoms with E-state index >= 15 is 0 Å². The van der Waals surface area contributed by atoms with Gasteiger partial charge in [0.05, 0.1) is 0 Å². The molecule has 0 aliphatic heterocycles. The summed E-state index contributed by atoms with van der Waals surface area (Å²) in [5.74, 6) is 0. The van der Waals surface area contributed by atoms with Crippen LogP contribution in [-0.4, -0.2) is 7.85 Å². The Morgan fingerprint density at radius 3 is 2.20 bits per heavy atom. The molecule has 0 aliphatic carbocycles. The van der Waals surface area contributed by atoms with Gasteiger partial charge in [0, 0.05) is 5.70 Å². The molecule has 54 valence electrons. The minimum Gasteiger partial charge on any atom is -0.399 e. The predicted molar refractivity (Wildman–Crippen MR) is 49.4 cm³/mol. The fraction of sp³-hybridized carbons (Fsp3) is 0.250. The van der Waals surface area contributed by atoms with E-state index in [2.05, 4.69) is 6.58 Å². The molecule has 2 heteroatoms. The van der Waals surface area contributed by atoms with Gasteiger partial charge in [0.2, 0.25) is 0 Å². The molecule has 0 aromatic carbocycles. The van der Waals surface area contributed by atoms with E-state index in [1.807, 2.05) is 33.8 Å². The molecule has 0 radical (unpaired) electrons. The van der Waals surface area contributed by atoms with Crippen molar-refractivity contribution in [2.24, 2.45) is 5.73 Å². The van der Waals surface area contributed by atoms with Crippen molar-refractivity contribution in [1.29, 1.82) is 0 Å². The van der Waals surface area contributed by atoms with E-state index in [1.165, 1.54) is 5.47 Å². The van der Waals surface area contributed by atoms with Crippen LogP contribution in [-0.2, 0) is 0 Å². The van der Waals surface area contributed by atoms with Crippen LogP contribution in [0.25, 0.3) is 0 Å². The Kier molecular flexibility index (Phi) is 3.63. The van der Waals surface area contributed by atoms with E-state index in [0.29, 0.717) is 0 Å². The van der Waals surface area contributed by atoms with Crippen molar-refractivity contribution in [3.63, 3.8) is 0 Å². The number of hydrogen-bond donors (Lipinski definition) is 1. The van der Waals surface area contributed by atoms with Gasteiger partial charge in [-0.2, -0.15) is 0 Å². The molecule has 0 aliphatic rings. The topological polar surface area (TPSA) is 26.0 Å². The van der Waals surface area contributed by atoms with Gasteiger partial charge in [0.1, 0.15) is 7.85 Å². The van der Waals surface area contributed by atoms with Crippen molar-refractivity contribution in [1.82, 2.24) is 0 Å². The molecule has 0 saturated heterocycles. The molecule has 0 fully saturated rings. The van der Waals surface area contributed by atoms with E-state index in [9.17, 15) is 0 Å². The Hall–Kier alpha value is -0.915. The van der Waals surface area contributed by atoms with Gasteiger partial charge in [0.25, 0.3) is 0 Å². The van der Waals surface area contributed by atoms with Crippen LogP contribution >= 0.6 is 0 Å². The number of hydrogen-bond acceptors (Lipinski definition) is 1. The van der Waals surface area contributed by atoms with Crippen LogP contribution in [0.5, 0.6) is 0 Å². The molecule has 0 atom stereocenters. The lowest BCUT2D eigenvalue weighted by Crippen LogP contribution is -1.96. The van der Waals surface area contributed by atoms with Crippen molar-refractivity contribution < 1.29 is 0 Å². The predicted octanol–water partition coefficient (Wildman–Crippen LogP) is 0.942. The highest BCUT2D eigenvalue weighted by molar-refractivity contribution is 6.21. The fourth-order valence-electron chi connectivity index (χ4n) is 0.399. The zero-order valence-corrected chi connectivity index (χ0v) is 6.94. The quantitative estimate of drug-likeness (QED) is 0.442. The van der Waals surface area contributed by atoms with Crippen molar-refractivity contribution >= 4 is 7.85 Å². The normalized spacial score (nSPS) is 13.4. The first-order chi connectivity index (χ1) is 4.54. The minimum atomic E-state index is 0.751. The van der Waals surface area contributed by atoms with Crippen LogP contribution in [0.4, 0.5) is 0 Å². The van der Waals surface area contributed by atoms with Gasteiger partial charge in [-0.1, -0.05) is 19.6 Å². The van der Waals surface area contributed by atoms with Crippen LogP contribution < -0.4 is 5.73 Å². The summed E-state index contributed by atoms with van der Waals surface area (Å²) in [6, 6.07) is 0. The minimum absolute atomic E-state index is 0.751. The van der Waals surface area contributed by atoms with Crippen molar-refractivity contribution in [2.75, 3.05) is 0 Å². The second-order valence-corrected chi connectivity index (χ2v) is 2.65. The Bertz CT molecular complexity index is 185. The van der Waals surface area contributed by atoms with Crippen LogP contribution in [0.2, 0.25) is 0 Å². The smallest absolute Gasteiger partial charge is 0.133 e. The van der Waals surface area contributed by atoms with E-state index < -0.39 is 0 Å². The molecule has 0 rings (SSSR count). The lowest BCUT2D eigenvalue weighted by Gasteiger charge is -1.95. The van der Waals surface area contributed by atoms with Crippen LogP contribution in [0.3, 0.4) is 0 Å². The van der Waals surface area contributed by atoms with Crippen LogP contribution in [0.15, 0.2) is 35.5 Å². The third-order valence-electron chi connectivity index (χ3n) is 1.09. The van der Waals surface area contributed by atoms with Gasteiger partial charge >= 0.3 is 0 Å².